The quantitative estimate of drug-likeness (QED) is 0.307. The number of benzene rings is 3. The molecular formula is C30H23N3. The van der Waals surface area contributed by atoms with E-state index in [4.69, 9.17) is 15.0 Å². The average molecular weight is 426 g/mol. The van der Waals surface area contributed by atoms with Crippen LogP contribution in [0.1, 0.15) is 25.2 Å². The van der Waals surface area contributed by atoms with Gasteiger partial charge in [-0.15, -0.1) is 0 Å². The molecule has 0 saturated carbocycles. The summed E-state index contributed by atoms with van der Waals surface area (Å²) in [5.74, 6) is 0. The third kappa shape index (κ3) is 3.16. The Morgan fingerprint density at radius 2 is 0.970 bits per heavy atom. The minimum atomic E-state index is -0.346. The molecule has 0 radical (unpaired) electrons. The number of nitrogens with zero attached hydrogens (tertiary/aromatic N) is 3. The van der Waals surface area contributed by atoms with Crippen molar-refractivity contribution in [2.45, 2.75) is 19.3 Å². The van der Waals surface area contributed by atoms with Crippen molar-refractivity contribution in [2.75, 3.05) is 0 Å². The fraction of sp³-hybridized carbons (Fsp3) is 0.100. The van der Waals surface area contributed by atoms with E-state index in [9.17, 15) is 0 Å². The second-order valence-corrected chi connectivity index (χ2v) is 8.93. The van der Waals surface area contributed by atoms with E-state index in [1.54, 1.807) is 0 Å². The Kier molecular flexibility index (Phi) is 4.44. The zero-order valence-corrected chi connectivity index (χ0v) is 18.7. The molecule has 0 bridgehead atoms. The molecule has 0 saturated heterocycles. The molecule has 0 unspecified atom stereocenters. The Balaban J connectivity index is 1.60. The second-order valence-electron chi connectivity index (χ2n) is 8.93. The zero-order valence-electron chi connectivity index (χ0n) is 18.7. The maximum atomic E-state index is 5.27. The van der Waals surface area contributed by atoms with Gasteiger partial charge >= 0.3 is 0 Å². The van der Waals surface area contributed by atoms with E-state index < -0.39 is 0 Å². The van der Waals surface area contributed by atoms with Crippen LogP contribution in [0.15, 0.2) is 103 Å². The summed E-state index contributed by atoms with van der Waals surface area (Å²) < 4.78 is 0. The molecule has 6 rings (SSSR count). The van der Waals surface area contributed by atoms with Crippen molar-refractivity contribution >= 4 is 0 Å². The fourth-order valence-electron chi connectivity index (χ4n) is 4.66. The van der Waals surface area contributed by atoms with Crippen LogP contribution in [0.2, 0.25) is 0 Å². The smallest absolute Gasteiger partial charge is 0.0973 e. The standard InChI is InChI=1S/C30H23N3/c1-30(2)28-23(18-19-24(31-28)20-12-6-3-7-13-20)27-29(30)33-26(22-16-10-5-11-17-22)25(32-27)21-14-8-4-9-15-21/h3-19H,1-2H3. The molecule has 3 heteroatoms. The molecule has 1 aliphatic carbocycles. The van der Waals surface area contributed by atoms with Crippen molar-refractivity contribution < 1.29 is 0 Å². The summed E-state index contributed by atoms with van der Waals surface area (Å²) >= 11 is 0. The van der Waals surface area contributed by atoms with Crippen LogP contribution in [0.5, 0.6) is 0 Å². The first-order chi connectivity index (χ1) is 16.1. The van der Waals surface area contributed by atoms with E-state index in [1.807, 2.05) is 54.6 Å². The van der Waals surface area contributed by atoms with Crippen LogP contribution < -0.4 is 0 Å². The molecule has 1 aliphatic rings. The highest BCUT2D eigenvalue weighted by Crippen LogP contribution is 2.48. The molecule has 158 valence electrons. The van der Waals surface area contributed by atoms with Gasteiger partial charge in [-0.2, -0.15) is 0 Å². The van der Waals surface area contributed by atoms with Crippen LogP contribution >= 0.6 is 0 Å². The van der Waals surface area contributed by atoms with Crippen molar-refractivity contribution in [3.63, 3.8) is 0 Å². The maximum absolute atomic E-state index is 5.27. The Morgan fingerprint density at radius 3 is 1.55 bits per heavy atom. The van der Waals surface area contributed by atoms with Gasteiger partial charge in [-0.05, 0) is 26.0 Å². The van der Waals surface area contributed by atoms with Crippen LogP contribution in [0.25, 0.3) is 45.0 Å². The van der Waals surface area contributed by atoms with Crippen molar-refractivity contribution in [2.24, 2.45) is 0 Å². The Bertz CT molecular complexity index is 1460. The first-order valence-corrected chi connectivity index (χ1v) is 11.2. The van der Waals surface area contributed by atoms with Crippen molar-refractivity contribution in [3.05, 3.63) is 115 Å². The maximum Gasteiger partial charge on any atom is 0.0973 e. The third-order valence-corrected chi connectivity index (χ3v) is 6.39. The van der Waals surface area contributed by atoms with Gasteiger partial charge in [0, 0.05) is 22.3 Å². The minimum Gasteiger partial charge on any atom is -0.251 e. The lowest BCUT2D eigenvalue weighted by atomic mass is 9.88. The summed E-state index contributed by atoms with van der Waals surface area (Å²) in [4.78, 5) is 15.6. The Hall–Kier alpha value is -4.11. The lowest BCUT2D eigenvalue weighted by molar-refractivity contribution is 0.616. The molecule has 2 aromatic heterocycles. The number of hydrogen-bond acceptors (Lipinski definition) is 3. The van der Waals surface area contributed by atoms with Gasteiger partial charge in [0.05, 0.1) is 39.6 Å². The van der Waals surface area contributed by atoms with Gasteiger partial charge in [0.2, 0.25) is 0 Å². The molecule has 0 atom stereocenters. The minimum absolute atomic E-state index is 0.346. The van der Waals surface area contributed by atoms with E-state index in [0.717, 1.165) is 56.4 Å². The highest BCUT2D eigenvalue weighted by Gasteiger charge is 2.41. The molecule has 3 aromatic carbocycles. The average Bonchev–Trinajstić information content (AvgIpc) is 3.10. The van der Waals surface area contributed by atoms with E-state index in [-0.39, 0.29) is 5.41 Å². The molecule has 0 spiro atoms. The van der Waals surface area contributed by atoms with E-state index >= 15 is 0 Å². The van der Waals surface area contributed by atoms with E-state index in [1.165, 1.54) is 0 Å². The monoisotopic (exact) mass is 425 g/mol. The fourth-order valence-corrected chi connectivity index (χ4v) is 4.66. The Morgan fingerprint density at radius 1 is 0.455 bits per heavy atom. The largest absolute Gasteiger partial charge is 0.251 e. The Labute approximate surface area is 193 Å². The van der Waals surface area contributed by atoms with Gasteiger partial charge in [0.1, 0.15) is 0 Å². The lowest BCUT2D eigenvalue weighted by Gasteiger charge is -2.20. The molecule has 5 aromatic rings. The number of rotatable bonds is 3. The van der Waals surface area contributed by atoms with Gasteiger partial charge in [-0.3, -0.25) is 4.98 Å². The molecule has 0 N–H and O–H groups in total. The third-order valence-electron chi connectivity index (χ3n) is 6.39. The number of pyridine rings is 1. The number of aromatic nitrogens is 3. The zero-order chi connectivity index (χ0) is 22.4. The second kappa shape index (κ2) is 7.49. The van der Waals surface area contributed by atoms with Gasteiger partial charge in [0.25, 0.3) is 0 Å². The van der Waals surface area contributed by atoms with E-state index in [0.29, 0.717) is 0 Å². The summed E-state index contributed by atoms with van der Waals surface area (Å²) in [7, 11) is 0. The highest BCUT2D eigenvalue weighted by atomic mass is 14.9. The summed E-state index contributed by atoms with van der Waals surface area (Å²) in [6, 6.07) is 35.2. The van der Waals surface area contributed by atoms with Gasteiger partial charge in [0.15, 0.2) is 0 Å². The molecular weight excluding hydrogens is 402 g/mol. The summed E-state index contributed by atoms with van der Waals surface area (Å²) in [5.41, 5.74) is 9.69. The van der Waals surface area contributed by atoms with Crippen LogP contribution in [-0.4, -0.2) is 15.0 Å². The first kappa shape index (κ1) is 19.6. The van der Waals surface area contributed by atoms with Gasteiger partial charge < -0.3 is 0 Å². The van der Waals surface area contributed by atoms with Gasteiger partial charge in [-0.1, -0.05) is 91.0 Å². The number of hydrogen-bond donors (Lipinski definition) is 0. The van der Waals surface area contributed by atoms with Crippen molar-refractivity contribution in [1.82, 2.24) is 15.0 Å². The van der Waals surface area contributed by atoms with E-state index in [2.05, 4.69) is 62.4 Å². The SMILES string of the molecule is CC1(C)c2nc(-c3ccccc3)ccc2-c2nc(-c3ccccc3)c(-c3ccccc3)nc21. The van der Waals surface area contributed by atoms with Crippen LogP contribution in [0.3, 0.4) is 0 Å². The normalized spacial score (nSPS) is 13.4. The lowest BCUT2D eigenvalue weighted by Crippen LogP contribution is -2.19. The van der Waals surface area contributed by atoms with Crippen molar-refractivity contribution in [3.8, 4) is 45.0 Å². The molecule has 0 amide bonds. The molecule has 0 fully saturated rings. The van der Waals surface area contributed by atoms with Crippen LogP contribution in [-0.2, 0) is 5.41 Å². The summed E-state index contributed by atoms with van der Waals surface area (Å²) in [6.45, 7) is 4.40. The van der Waals surface area contributed by atoms with Crippen molar-refractivity contribution in [1.29, 1.82) is 0 Å². The summed E-state index contributed by atoms with van der Waals surface area (Å²) in [6.07, 6.45) is 0. The molecule has 3 nitrogen and oxygen atoms in total. The highest BCUT2D eigenvalue weighted by molar-refractivity contribution is 5.84. The first-order valence-electron chi connectivity index (χ1n) is 11.2. The number of fused-ring (bicyclic) bond motifs is 3. The van der Waals surface area contributed by atoms with Gasteiger partial charge in [-0.25, -0.2) is 9.97 Å². The predicted molar refractivity (Wildman–Crippen MR) is 134 cm³/mol. The molecule has 2 heterocycles. The summed E-state index contributed by atoms with van der Waals surface area (Å²) in [5, 5.41) is 0. The molecule has 0 aliphatic heterocycles. The van der Waals surface area contributed by atoms with Crippen LogP contribution in [0.4, 0.5) is 0 Å². The topological polar surface area (TPSA) is 38.7 Å². The van der Waals surface area contributed by atoms with Crippen LogP contribution in [0, 0.1) is 0 Å². The predicted octanol–water partition coefficient (Wildman–Crippen LogP) is 7.18. The molecule has 33 heavy (non-hydrogen) atoms.